The maximum atomic E-state index is 10.2. The molecule has 2 aromatic carbocycles. The van der Waals surface area contributed by atoms with Crippen molar-refractivity contribution in [3.63, 3.8) is 0 Å². The summed E-state index contributed by atoms with van der Waals surface area (Å²) in [5, 5.41) is 40.8. The zero-order chi connectivity index (χ0) is 17.4. The lowest BCUT2D eigenvalue weighted by Crippen LogP contribution is -2.71. The fourth-order valence-corrected chi connectivity index (χ4v) is 3.17. The molecule has 0 amide bonds. The van der Waals surface area contributed by atoms with Gasteiger partial charge in [0.05, 0.1) is 19.1 Å². The van der Waals surface area contributed by atoms with E-state index in [4.69, 9.17) is 0 Å². The molecule has 0 aliphatic carbocycles. The van der Waals surface area contributed by atoms with Gasteiger partial charge in [0.25, 0.3) is 0 Å². The predicted molar refractivity (Wildman–Crippen MR) is 88.4 cm³/mol. The fourth-order valence-electron chi connectivity index (χ4n) is 3.17. The Labute approximate surface area is 140 Å². The smallest absolute Gasteiger partial charge is 0.242 e. The highest BCUT2D eigenvalue weighted by Gasteiger charge is 2.51. The predicted octanol–water partition coefficient (Wildman–Crippen LogP) is 0.300. The van der Waals surface area contributed by atoms with E-state index in [1.54, 1.807) is 4.90 Å². The monoisotopic (exact) mass is 330 g/mol. The third-order valence-corrected chi connectivity index (χ3v) is 4.50. The lowest BCUT2D eigenvalue weighted by Gasteiger charge is -2.51. The van der Waals surface area contributed by atoms with E-state index < -0.39 is 11.8 Å². The number of hydrogen-bond donors (Lipinski definition) is 4. The minimum Gasteiger partial charge on any atom is -0.352 e. The molecule has 128 valence electrons. The molecule has 1 fully saturated rings. The highest BCUT2D eigenvalue weighted by atomic mass is 16.6. The summed E-state index contributed by atoms with van der Waals surface area (Å²) < 4.78 is 0. The molecule has 0 atom stereocenters. The summed E-state index contributed by atoms with van der Waals surface area (Å²) in [6.45, 7) is -0.304. The van der Waals surface area contributed by atoms with Gasteiger partial charge in [-0.3, -0.25) is 4.90 Å². The summed E-state index contributed by atoms with van der Waals surface area (Å²) in [4.78, 5) is 2.41. The van der Waals surface area contributed by atoms with Gasteiger partial charge in [0.1, 0.15) is 0 Å². The quantitative estimate of drug-likeness (QED) is 0.606. The second kappa shape index (κ2) is 6.25. The molecule has 0 radical (unpaired) electrons. The Morgan fingerprint density at radius 1 is 0.750 bits per heavy atom. The largest absolute Gasteiger partial charge is 0.352 e. The van der Waals surface area contributed by atoms with E-state index >= 15 is 0 Å². The maximum absolute atomic E-state index is 10.2. The Morgan fingerprint density at radius 2 is 1.12 bits per heavy atom. The number of hydrogen-bond acceptors (Lipinski definition) is 6. The van der Waals surface area contributed by atoms with Crippen molar-refractivity contribution in [1.82, 2.24) is 9.80 Å². The van der Waals surface area contributed by atoms with Crippen LogP contribution in [0.5, 0.6) is 0 Å². The molecule has 0 aromatic heterocycles. The van der Waals surface area contributed by atoms with Crippen molar-refractivity contribution in [3.8, 4) is 0 Å². The second-order valence-electron chi connectivity index (χ2n) is 6.24. The molecule has 6 heteroatoms. The van der Waals surface area contributed by atoms with Crippen LogP contribution in [-0.4, -0.2) is 62.2 Å². The van der Waals surface area contributed by atoms with Crippen molar-refractivity contribution >= 4 is 0 Å². The Morgan fingerprint density at radius 3 is 1.50 bits per heavy atom. The van der Waals surface area contributed by atoms with Crippen LogP contribution in [-0.2, 0) is 0 Å². The van der Waals surface area contributed by atoms with Crippen LogP contribution in [0, 0.1) is 0 Å². The molecule has 3 rings (SSSR count). The molecule has 2 aromatic rings. The third kappa shape index (κ3) is 3.21. The van der Waals surface area contributed by atoms with E-state index in [0.29, 0.717) is 0 Å². The molecule has 0 unspecified atom stereocenters. The van der Waals surface area contributed by atoms with E-state index in [9.17, 15) is 20.4 Å². The van der Waals surface area contributed by atoms with Crippen molar-refractivity contribution in [1.29, 1.82) is 0 Å². The second-order valence-corrected chi connectivity index (χ2v) is 6.24. The van der Waals surface area contributed by atoms with Crippen LogP contribution >= 0.6 is 0 Å². The molecular formula is C18H22N2O4. The zero-order valence-corrected chi connectivity index (χ0v) is 13.4. The van der Waals surface area contributed by atoms with E-state index in [-0.39, 0.29) is 19.1 Å². The molecule has 6 nitrogen and oxygen atoms in total. The van der Waals surface area contributed by atoms with Gasteiger partial charge in [-0.2, -0.15) is 0 Å². The van der Waals surface area contributed by atoms with E-state index in [1.807, 2.05) is 60.7 Å². The van der Waals surface area contributed by atoms with Crippen molar-refractivity contribution in [3.05, 3.63) is 71.8 Å². The van der Waals surface area contributed by atoms with Gasteiger partial charge in [-0.15, -0.1) is 0 Å². The number of nitrogens with zero attached hydrogens (tertiary/aromatic N) is 2. The maximum Gasteiger partial charge on any atom is 0.242 e. The molecule has 0 spiro atoms. The fraction of sp³-hybridized carbons (Fsp3) is 0.333. The number of rotatable bonds is 3. The number of likely N-dealkylation sites (N-methyl/N-ethyl adjacent to an activating group) is 1. The Kier molecular flexibility index (Phi) is 4.44. The van der Waals surface area contributed by atoms with Crippen molar-refractivity contribution in [2.24, 2.45) is 0 Å². The first-order valence-corrected chi connectivity index (χ1v) is 7.79. The van der Waals surface area contributed by atoms with Gasteiger partial charge in [0.2, 0.25) is 11.8 Å². The van der Waals surface area contributed by atoms with Crippen LogP contribution in [0.1, 0.15) is 17.2 Å². The molecule has 1 aliphatic heterocycles. The minimum atomic E-state index is -2.36. The first kappa shape index (κ1) is 17.0. The van der Waals surface area contributed by atoms with Crippen LogP contribution in [0.3, 0.4) is 0 Å². The summed E-state index contributed by atoms with van der Waals surface area (Å²) >= 11 is 0. The Balaban J connectivity index is 2.03. The average Bonchev–Trinajstić information content (AvgIpc) is 2.54. The summed E-state index contributed by atoms with van der Waals surface area (Å²) in [7, 11) is 1.26. The van der Waals surface area contributed by atoms with Crippen LogP contribution in [0.2, 0.25) is 0 Å². The third-order valence-electron chi connectivity index (χ3n) is 4.50. The number of aliphatic hydroxyl groups is 4. The molecule has 0 bridgehead atoms. The first-order valence-electron chi connectivity index (χ1n) is 7.79. The lowest BCUT2D eigenvalue weighted by atomic mass is 9.95. The minimum absolute atomic E-state index is 0.152. The van der Waals surface area contributed by atoms with Gasteiger partial charge >= 0.3 is 0 Å². The lowest BCUT2D eigenvalue weighted by molar-refractivity contribution is -0.407. The van der Waals surface area contributed by atoms with Gasteiger partial charge in [-0.25, -0.2) is 4.90 Å². The SMILES string of the molecule is CN1C(O)(O)CN(C(c2ccccc2)c2ccccc2)CC1(O)O. The highest BCUT2D eigenvalue weighted by molar-refractivity contribution is 5.32. The zero-order valence-electron chi connectivity index (χ0n) is 13.4. The summed E-state index contributed by atoms with van der Waals surface area (Å²) in [6.07, 6.45) is 0. The number of piperazine rings is 1. The van der Waals surface area contributed by atoms with Crippen LogP contribution in [0.15, 0.2) is 60.7 Å². The van der Waals surface area contributed by atoms with Crippen molar-refractivity contribution in [2.45, 2.75) is 17.9 Å². The van der Waals surface area contributed by atoms with Crippen LogP contribution in [0.25, 0.3) is 0 Å². The topological polar surface area (TPSA) is 87.4 Å². The normalized spacial score (nSPS) is 21.1. The van der Waals surface area contributed by atoms with E-state index in [2.05, 4.69) is 0 Å². The van der Waals surface area contributed by atoms with Gasteiger partial charge in [0, 0.05) is 0 Å². The molecule has 24 heavy (non-hydrogen) atoms. The Bertz CT molecular complexity index is 618. The van der Waals surface area contributed by atoms with Gasteiger partial charge < -0.3 is 20.4 Å². The molecule has 4 N–H and O–H groups in total. The van der Waals surface area contributed by atoms with Crippen molar-refractivity contribution in [2.75, 3.05) is 20.1 Å². The van der Waals surface area contributed by atoms with Crippen LogP contribution in [0.4, 0.5) is 0 Å². The standard InChI is InChI=1S/C18H22N2O4/c1-19-17(21,22)12-20(13-18(19,23)24)16(14-8-4-2-5-9-14)15-10-6-3-7-11-15/h2-11,16,21-24H,12-13H2,1H3. The van der Waals surface area contributed by atoms with Gasteiger partial charge in [0.15, 0.2) is 0 Å². The van der Waals surface area contributed by atoms with Crippen LogP contribution < -0.4 is 0 Å². The van der Waals surface area contributed by atoms with Gasteiger partial charge in [-0.05, 0) is 18.2 Å². The van der Waals surface area contributed by atoms with Gasteiger partial charge in [-0.1, -0.05) is 60.7 Å². The molecule has 0 saturated carbocycles. The summed E-state index contributed by atoms with van der Waals surface area (Å²) in [6, 6.07) is 18.8. The Hall–Kier alpha value is -1.80. The summed E-state index contributed by atoms with van der Waals surface area (Å²) in [5.41, 5.74) is 1.86. The molecule has 1 aliphatic rings. The molecule has 1 saturated heterocycles. The molecular weight excluding hydrogens is 308 g/mol. The highest BCUT2D eigenvalue weighted by Crippen LogP contribution is 2.35. The van der Waals surface area contributed by atoms with E-state index in [0.717, 1.165) is 16.0 Å². The number of benzene rings is 2. The van der Waals surface area contributed by atoms with E-state index in [1.165, 1.54) is 7.05 Å². The molecule has 1 heterocycles. The summed E-state index contributed by atoms with van der Waals surface area (Å²) in [5.74, 6) is -4.72. The number of β-amino-alcohol motifs (C(OH)–C–C–N with tert-alkyl or cyclic N) is 4. The average molecular weight is 330 g/mol. The van der Waals surface area contributed by atoms with Crippen molar-refractivity contribution < 1.29 is 20.4 Å². The first-order chi connectivity index (χ1) is 11.3.